The molecule has 19 heavy (non-hydrogen) atoms. The van der Waals surface area contributed by atoms with Gasteiger partial charge >= 0.3 is 0 Å². The molecule has 0 radical (unpaired) electrons. The number of nitrogens with zero attached hydrogens (tertiary/aromatic N) is 1. The van der Waals surface area contributed by atoms with Crippen molar-refractivity contribution in [2.24, 2.45) is 0 Å². The maximum atomic E-state index is 10.5. The van der Waals surface area contributed by atoms with Crippen LogP contribution in [0, 0.1) is 0 Å². The van der Waals surface area contributed by atoms with Gasteiger partial charge in [-0.25, -0.2) is 0 Å². The zero-order chi connectivity index (χ0) is 13.7. The van der Waals surface area contributed by atoms with Gasteiger partial charge in [0.2, 0.25) is 0 Å². The monoisotopic (exact) mass is 263 g/mol. The van der Waals surface area contributed by atoms with Crippen molar-refractivity contribution in [3.63, 3.8) is 0 Å². The van der Waals surface area contributed by atoms with E-state index in [4.69, 9.17) is 4.74 Å². The van der Waals surface area contributed by atoms with Gasteiger partial charge in [0.05, 0.1) is 13.2 Å². The van der Waals surface area contributed by atoms with Crippen LogP contribution in [0.2, 0.25) is 0 Å². The van der Waals surface area contributed by atoms with Crippen LogP contribution in [-0.4, -0.2) is 36.2 Å². The Kier molecular flexibility index (Phi) is 5.23. The van der Waals surface area contributed by atoms with Gasteiger partial charge in [-0.15, -0.1) is 0 Å². The molecule has 0 aliphatic carbocycles. The minimum Gasteiger partial charge on any atom is -0.496 e. The maximum absolute atomic E-state index is 10.5. The molecule has 1 aromatic rings. The van der Waals surface area contributed by atoms with Crippen molar-refractivity contribution in [2.75, 3.05) is 20.2 Å². The van der Waals surface area contributed by atoms with E-state index < -0.39 is 6.10 Å². The number of aliphatic hydroxyl groups is 1. The van der Waals surface area contributed by atoms with Crippen molar-refractivity contribution >= 4 is 0 Å². The maximum Gasteiger partial charge on any atom is 0.124 e. The third kappa shape index (κ3) is 3.71. The number of para-hydroxylation sites is 1. The lowest BCUT2D eigenvalue weighted by Gasteiger charge is -2.29. The number of benzene rings is 1. The lowest BCUT2D eigenvalue weighted by molar-refractivity contribution is 0.0910. The summed E-state index contributed by atoms with van der Waals surface area (Å²) in [7, 11) is 1.65. The Balaban J connectivity index is 2.04. The molecule has 1 aliphatic rings. The smallest absolute Gasteiger partial charge is 0.124 e. The van der Waals surface area contributed by atoms with Crippen LogP contribution in [0.5, 0.6) is 5.75 Å². The Morgan fingerprint density at radius 2 is 2.11 bits per heavy atom. The summed E-state index contributed by atoms with van der Waals surface area (Å²) < 4.78 is 5.33. The number of methoxy groups -OCH3 is 1. The first-order valence-electron chi connectivity index (χ1n) is 7.27. The quantitative estimate of drug-likeness (QED) is 0.906. The molecule has 1 N–H and O–H groups in total. The molecule has 2 unspecified atom stereocenters. The molecule has 106 valence electrons. The molecule has 0 amide bonds. The molecule has 3 heteroatoms. The molecule has 1 aliphatic heterocycles. The average molecular weight is 263 g/mol. The van der Waals surface area contributed by atoms with Gasteiger partial charge in [-0.3, -0.25) is 4.90 Å². The minimum atomic E-state index is -0.475. The van der Waals surface area contributed by atoms with E-state index in [2.05, 4.69) is 11.8 Å². The normalized spacial score (nSPS) is 22.8. The highest BCUT2D eigenvalue weighted by Crippen LogP contribution is 2.27. The van der Waals surface area contributed by atoms with Gasteiger partial charge in [0, 0.05) is 18.2 Å². The molecule has 2 rings (SSSR count). The van der Waals surface area contributed by atoms with Crippen LogP contribution >= 0.6 is 0 Å². The second-order valence-corrected chi connectivity index (χ2v) is 5.45. The molecular formula is C16H25NO2. The van der Waals surface area contributed by atoms with Crippen LogP contribution < -0.4 is 4.74 Å². The number of ether oxygens (including phenoxy) is 1. The summed E-state index contributed by atoms with van der Waals surface area (Å²) in [6, 6.07) is 8.30. The van der Waals surface area contributed by atoms with Crippen LogP contribution in [0.3, 0.4) is 0 Å². The van der Waals surface area contributed by atoms with E-state index in [-0.39, 0.29) is 0 Å². The first-order chi connectivity index (χ1) is 9.22. The fourth-order valence-corrected chi connectivity index (χ4v) is 2.87. The summed E-state index contributed by atoms with van der Waals surface area (Å²) in [4.78, 5) is 2.41. The predicted molar refractivity (Wildman–Crippen MR) is 77.5 cm³/mol. The van der Waals surface area contributed by atoms with Crippen LogP contribution in [0.15, 0.2) is 24.3 Å². The molecular weight excluding hydrogens is 238 g/mol. The van der Waals surface area contributed by atoms with Gasteiger partial charge in [-0.1, -0.05) is 31.0 Å². The summed E-state index contributed by atoms with van der Waals surface area (Å²) >= 11 is 0. The standard InChI is InChI=1S/C16H25NO2/c1-13-8-4-3-7-11-17(13)12-15(18)14-9-5-6-10-16(14)19-2/h5-6,9-10,13,15,18H,3-4,7-8,11-12H2,1-2H3. The van der Waals surface area contributed by atoms with Crippen molar-refractivity contribution in [2.45, 2.75) is 44.8 Å². The first kappa shape index (κ1) is 14.4. The lowest BCUT2D eigenvalue weighted by atomic mass is 10.1. The first-order valence-corrected chi connectivity index (χ1v) is 7.27. The minimum absolute atomic E-state index is 0.475. The van der Waals surface area contributed by atoms with Crippen molar-refractivity contribution in [1.29, 1.82) is 0 Å². The van der Waals surface area contributed by atoms with E-state index in [1.807, 2.05) is 24.3 Å². The number of rotatable bonds is 4. The molecule has 1 aromatic carbocycles. The molecule has 1 saturated heterocycles. The summed E-state index contributed by atoms with van der Waals surface area (Å²) in [5, 5.41) is 10.5. The Morgan fingerprint density at radius 3 is 2.89 bits per heavy atom. The summed E-state index contributed by atoms with van der Waals surface area (Å²) in [6.07, 6.45) is 4.62. The van der Waals surface area contributed by atoms with Gasteiger partial charge in [0.15, 0.2) is 0 Å². The van der Waals surface area contributed by atoms with Crippen molar-refractivity contribution in [3.8, 4) is 5.75 Å². The van der Waals surface area contributed by atoms with E-state index in [1.54, 1.807) is 7.11 Å². The Morgan fingerprint density at radius 1 is 1.32 bits per heavy atom. The Hall–Kier alpha value is -1.06. The van der Waals surface area contributed by atoms with Crippen molar-refractivity contribution < 1.29 is 9.84 Å². The van der Waals surface area contributed by atoms with Crippen LogP contribution in [0.4, 0.5) is 0 Å². The van der Waals surface area contributed by atoms with Crippen molar-refractivity contribution in [3.05, 3.63) is 29.8 Å². The number of hydrogen-bond donors (Lipinski definition) is 1. The van der Waals surface area contributed by atoms with E-state index in [9.17, 15) is 5.11 Å². The van der Waals surface area contributed by atoms with Gasteiger partial charge < -0.3 is 9.84 Å². The average Bonchev–Trinajstić information content (AvgIpc) is 2.64. The third-order valence-electron chi connectivity index (χ3n) is 4.10. The van der Waals surface area contributed by atoms with Gasteiger partial charge in [-0.05, 0) is 32.4 Å². The zero-order valence-electron chi connectivity index (χ0n) is 12.0. The molecule has 1 fully saturated rings. The predicted octanol–water partition coefficient (Wildman–Crippen LogP) is 2.99. The summed E-state index contributed by atoms with van der Waals surface area (Å²) in [5.41, 5.74) is 0.890. The number of β-amino-alcohol motifs (C(OH)–C–C–N with tert-alkyl or cyclic N) is 1. The number of hydrogen-bond acceptors (Lipinski definition) is 3. The van der Waals surface area contributed by atoms with Gasteiger partial charge in [0.25, 0.3) is 0 Å². The molecule has 0 saturated carbocycles. The molecule has 1 heterocycles. The number of aliphatic hydroxyl groups excluding tert-OH is 1. The van der Waals surface area contributed by atoms with Crippen LogP contribution in [0.25, 0.3) is 0 Å². The van der Waals surface area contributed by atoms with Gasteiger partial charge in [-0.2, -0.15) is 0 Å². The molecule has 0 spiro atoms. The van der Waals surface area contributed by atoms with E-state index in [1.165, 1.54) is 25.7 Å². The summed E-state index contributed by atoms with van der Waals surface area (Å²) in [6.45, 7) is 4.05. The second-order valence-electron chi connectivity index (χ2n) is 5.45. The highest BCUT2D eigenvalue weighted by molar-refractivity contribution is 5.35. The fourth-order valence-electron chi connectivity index (χ4n) is 2.87. The highest BCUT2D eigenvalue weighted by atomic mass is 16.5. The molecule has 0 aromatic heterocycles. The van der Waals surface area contributed by atoms with E-state index >= 15 is 0 Å². The van der Waals surface area contributed by atoms with Crippen molar-refractivity contribution in [1.82, 2.24) is 4.90 Å². The fraction of sp³-hybridized carbons (Fsp3) is 0.625. The SMILES string of the molecule is COc1ccccc1C(O)CN1CCCCCC1C. The molecule has 0 bridgehead atoms. The second kappa shape index (κ2) is 6.92. The van der Waals surface area contributed by atoms with Crippen LogP contribution in [0.1, 0.15) is 44.3 Å². The summed E-state index contributed by atoms with van der Waals surface area (Å²) in [5.74, 6) is 0.775. The topological polar surface area (TPSA) is 32.7 Å². The Labute approximate surface area is 116 Å². The lowest BCUT2D eigenvalue weighted by Crippen LogP contribution is -2.36. The Bertz CT molecular complexity index is 394. The molecule has 2 atom stereocenters. The zero-order valence-corrected chi connectivity index (χ0v) is 12.0. The van der Waals surface area contributed by atoms with E-state index in [0.29, 0.717) is 12.6 Å². The highest BCUT2D eigenvalue weighted by Gasteiger charge is 2.21. The number of likely N-dealkylation sites (tertiary alicyclic amines) is 1. The third-order valence-corrected chi connectivity index (χ3v) is 4.10. The molecule has 3 nitrogen and oxygen atoms in total. The van der Waals surface area contributed by atoms with E-state index in [0.717, 1.165) is 17.9 Å². The van der Waals surface area contributed by atoms with Crippen LogP contribution in [-0.2, 0) is 0 Å². The van der Waals surface area contributed by atoms with Gasteiger partial charge in [0.1, 0.15) is 5.75 Å². The largest absolute Gasteiger partial charge is 0.496 e.